The first-order valence-corrected chi connectivity index (χ1v) is 7.51. The number of nitrogens with zero attached hydrogens (tertiary/aromatic N) is 1. The molecule has 1 saturated carbocycles. The van der Waals surface area contributed by atoms with Gasteiger partial charge in [0.05, 0.1) is 12.0 Å². The SMILES string of the molecule is Cc1cccc(C(=O)N(C)C2(CC(=O)O)CCCCC2)c1. The van der Waals surface area contributed by atoms with E-state index in [1.54, 1.807) is 18.0 Å². The van der Waals surface area contributed by atoms with Gasteiger partial charge in [-0.2, -0.15) is 0 Å². The molecule has 2 rings (SSSR count). The second-order valence-electron chi connectivity index (χ2n) is 6.09. The zero-order valence-corrected chi connectivity index (χ0v) is 12.8. The van der Waals surface area contributed by atoms with Gasteiger partial charge in [-0.05, 0) is 31.9 Å². The molecule has 0 aliphatic heterocycles. The Bertz CT molecular complexity index is 533. The van der Waals surface area contributed by atoms with Crippen LogP contribution >= 0.6 is 0 Å². The van der Waals surface area contributed by atoms with E-state index in [-0.39, 0.29) is 12.3 Å². The number of rotatable bonds is 4. The van der Waals surface area contributed by atoms with Crippen LogP contribution in [0.25, 0.3) is 0 Å². The monoisotopic (exact) mass is 289 g/mol. The molecule has 1 amide bonds. The number of aliphatic carboxylic acids is 1. The molecule has 1 aromatic rings. The lowest BCUT2D eigenvalue weighted by molar-refractivity contribution is -0.140. The van der Waals surface area contributed by atoms with Crippen LogP contribution in [0.15, 0.2) is 24.3 Å². The summed E-state index contributed by atoms with van der Waals surface area (Å²) in [4.78, 5) is 25.6. The van der Waals surface area contributed by atoms with Crippen molar-refractivity contribution in [3.05, 3.63) is 35.4 Å². The van der Waals surface area contributed by atoms with E-state index in [1.807, 2.05) is 25.1 Å². The average Bonchev–Trinajstić information content (AvgIpc) is 2.46. The minimum Gasteiger partial charge on any atom is -0.481 e. The molecule has 0 aromatic heterocycles. The molecule has 1 fully saturated rings. The molecular weight excluding hydrogens is 266 g/mol. The van der Waals surface area contributed by atoms with Crippen molar-refractivity contribution in [3.63, 3.8) is 0 Å². The van der Waals surface area contributed by atoms with Crippen molar-refractivity contribution in [1.82, 2.24) is 4.90 Å². The van der Waals surface area contributed by atoms with Crippen LogP contribution in [0, 0.1) is 6.92 Å². The van der Waals surface area contributed by atoms with Crippen LogP contribution in [0.2, 0.25) is 0 Å². The smallest absolute Gasteiger partial charge is 0.305 e. The van der Waals surface area contributed by atoms with E-state index in [9.17, 15) is 14.7 Å². The highest BCUT2D eigenvalue weighted by molar-refractivity contribution is 5.95. The molecule has 21 heavy (non-hydrogen) atoms. The van der Waals surface area contributed by atoms with Gasteiger partial charge in [0.15, 0.2) is 0 Å². The van der Waals surface area contributed by atoms with Crippen LogP contribution in [0.4, 0.5) is 0 Å². The van der Waals surface area contributed by atoms with Crippen LogP contribution in [0.1, 0.15) is 54.4 Å². The molecule has 0 saturated heterocycles. The van der Waals surface area contributed by atoms with Crippen molar-refractivity contribution in [1.29, 1.82) is 0 Å². The van der Waals surface area contributed by atoms with Crippen molar-refractivity contribution in [2.24, 2.45) is 0 Å². The number of hydrogen-bond donors (Lipinski definition) is 1. The van der Waals surface area contributed by atoms with Crippen molar-refractivity contribution in [2.75, 3.05) is 7.05 Å². The van der Waals surface area contributed by atoms with Gasteiger partial charge in [-0.15, -0.1) is 0 Å². The lowest BCUT2D eigenvalue weighted by Crippen LogP contribution is -2.52. The molecule has 0 heterocycles. The highest BCUT2D eigenvalue weighted by Crippen LogP contribution is 2.36. The van der Waals surface area contributed by atoms with E-state index in [0.29, 0.717) is 5.56 Å². The molecule has 4 heteroatoms. The maximum absolute atomic E-state index is 12.7. The maximum Gasteiger partial charge on any atom is 0.305 e. The number of benzene rings is 1. The number of carboxylic acid groups (broad SMARTS) is 1. The number of carbonyl (C=O) groups excluding carboxylic acids is 1. The summed E-state index contributed by atoms with van der Waals surface area (Å²) in [7, 11) is 1.75. The van der Waals surface area contributed by atoms with Gasteiger partial charge in [0.1, 0.15) is 0 Å². The lowest BCUT2D eigenvalue weighted by atomic mass is 9.78. The van der Waals surface area contributed by atoms with E-state index in [1.165, 1.54) is 0 Å². The fraction of sp³-hybridized carbons (Fsp3) is 0.529. The summed E-state index contributed by atoms with van der Waals surface area (Å²) in [6, 6.07) is 7.46. The summed E-state index contributed by atoms with van der Waals surface area (Å²) in [5, 5.41) is 9.24. The van der Waals surface area contributed by atoms with Crippen LogP contribution in [0.3, 0.4) is 0 Å². The first-order valence-electron chi connectivity index (χ1n) is 7.51. The average molecular weight is 289 g/mol. The Hall–Kier alpha value is -1.84. The van der Waals surface area contributed by atoms with E-state index in [0.717, 1.165) is 37.7 Å². The predicted octanol–water partition coefficient (Wildman–Crippen LogP) is 3.24. The van der Waals surface area contributed by atoms with Gasteiger partial charge in [0.25, 0.3) is 5.91 Å². The van der Waals surface area contributed by atoms with Crippen molar-refractivity contribution in [3.8, 4) is 0 Å². The van der Waals surface area contributed by atoms with Gasteiger partial charge >= 0.3 is 5.97 Å². The van der Waals surface area contributed by atoms with Gasteiger partial charge in [-0.3, -0.25) is 9.59 Å². The summed E-state index contributed by atoms with van der Waals surface area (Å²) < 4.78 is 0. The second kappa shape index (κ2) is 6.29. The number of aryl methyl sites for hydroxylation is 1. The molecule has 0 atom stereocenters. The number of hydrogen-bond acceptors (Lipinski definition) is 2. The minimum absolute atomic E-state index is 0.0288. The molecule has 0 bridgehead atoms. The number of carbonyl (C=O) groups is 2. The Balaban J connectivity index is 2.27. The lowest BCUT2D eigenvalue weighted by Gasteiger charge is -2.44. The molecule has 1 aliphatic rings. The second-order valence-corrected chi connectivity index (χ2v) is 6.09. The van der Waals surface area contributed by atoms with E-state index in [4.69, 9.17) is 0 Å². The largest absolute Gasteiger partial charge is 0.481 e. The molecular formula is C17H23NO3. The molecule has 0 radical (unpaired) electrons. The summed E-state index contributed by atoms with van der Waals surface area (Å²) in [6.45, 7) is 1.95. The van der Waals surface area contributed by atoms with Gasteiger partial charge in [-0.25, -0.2) is 0 Å². The fourth-order valence-corrected chi connectivity index (χ4v) is 3.31. The third kappa shape index (κ3) is 3.43. The van der Waals surface area contributed by atoms with Crippen molar-refractivity contribution >= 4 is 11.9 Å². The normalized spacial score (nSPS) is 17.2. The first kappa shape index (κ1) is 15.5. The van der Waals surface area contributed by atoms with Gasteiger partial charge < -0.3 is 10.0 Å². The Morgan fingerprint density at radius 2 is 1.90 bits per heavy atom. The Kier molecular flexibility index (Phi) is 4.66. The molecule has 0 unspecified atom stereocenters. The standard InChI is InChI=1S/C17H23NO3/c1-13-7-6-8-14(11-13)16(21)18(2)17(12-15(19)20)9-4-3-5-10-17/h6-8,11H,3-5,9-10,12H2,1-2H3,(H,19,20). The number of carboxylic acids is 1. The van der Waals surface area contributed by atoms with Crippen molar-refractivity contribution < 1.29 is 14.7 Å². The predicted molar refractivity (Wildman–Crippen MR) is 81.3 cm³/mol. The van der Waals surface area contributed by atoms with Crippen molar-refractivity contribution in [2.45, 2.75) is 51.0 Å². The molecule has 0 spiro atoms. The zero-order valence-electron chi connectivity index (χ0n) is 12.8. The third-order valence-corrected chi connectivity index (χ3v) is 4.55. The Labute approximate surface area is 125 Å². The summed E-state index contributed by atoms with van der Waals surface area (Å²) in [6.07, 6.45) is 4.66. The summed E-state index contributed by atoms with van der Waals surface area (Å²) in [5.74, 6) is -0.914. The zero-order chi connectivity index (χ0) is 15.5. The van der Waals surface area contributed by atoms with Gasteiger partial charge in [-0.1, -0.05) is 37.0 Å². The highest BCUT2D eigenvalue weighted by atomic mass is 16.4. The molecule has 1 N–H and O–H groups in total. The van der Waals surface area contributed by atoms with E-state index >= 15 is 0 Å². The highest BCUT2D eigenvalue weighted by Gasteiger charge is 2.40. The molecule has 4 nitrogen and oxygen atoms in total. The topological polar surface area (TPSA) is 57.6 Å². The fourth-order valence-electron chi connectivity index (χ4n) is 3.31. The molecule has 114 valence electrons. The van der Waals surface area contributed by atoms with E-state index in [2.05, 4.69) is 0 Å². The van der Waals surface area contributed by atoms with Crippen LogP contribution in [-0.4, -0.2) is 34.5 Å². The Morgan fingerprint density at radius 1 is 1.24 bits per heavy atom. The third-order valence-electron chi connectivity index (χ3n) is 4.55. The molecule has 1 aliphatic carbocycles. The van der Waals surface area contributed by atoms with Gasteiger partial charge in [0.2, 0.25) is 0 Å². The van der Waals surface area contributed by atoms with Crippen LogP contribution < -0.4 is 0 Å². The first-order chi connectivity index (χ1) is 9.94. The quantitative estimate of drug-likeness (QED) is 0.925. The van der Waals surface area contributed by atoms with Crippen LogP contribution in [0.5, 0.6) is 0 Å². The summed E-state index contributed by atoms with van der Waals surface area (Å²) >= 11 is 0. The minimum atomic E-state index is -0.833. The summed E-state index contributed by atoms with van der Waals surface area (Å²) in [5.41, 5.74) is 1.13. The maximum atomic E-state index is 12.7. The number of amides is 1. The van der Waals surface area contributed by atoms with Gasteiger partial charge in [0, 0.05) is 12.6 Å². The molecule has 1 aromatic carbocycles. The Morgan fingerprint density at radius 3 is 2.48 bits per heavy atom. The van der Waals surface area contributed by atoms with E-state index < -0.39 is 11.5 Å². The van der Waals surface area contributed by atoms with Crippen LogP contribution in [-0.2, 0) is 4.79 Å².